The Hall–Kier alpha value is -2.69. The van der Waals surface area contributed by atoms with E-state index in [1.54, 1.807) is 18.7 Å². The Kier molecular flexibility index (Phi) is 6.22. The third kappa shape index (κ3) is 4.37. The molecule has 0 atom stereocenters. The number of H-pyrrole nitrogens is 1. The molecule has 4 heterocycles. The number of benzene rings is 1. The van der Waals surface area contributed by atoms with Crippen LogP contribution in [0.1, 0.15) is 35.9 Å². The molecule has 34 heavy (non-hydrogen) atoms. The van der Waals surface area contributed by atoms with Gasteiger partial charge in [0.2, 0.25) is 15.9 Å². The van der Waals surface area contributed by atoms with E-state index < -0.39 is 10.0 Å². The van der Waals surface area contributed by atoms with Crippen LogP contribution in [0.15, 0.2) is 39.8 Å². The van der Waals surface area contributed by atoms with Crippen molar-refractivity contribution in [2.24, 2.45) is 0 Å². The first-order chi connectivity index (χ1) is 16.3. The average molecular weight is 486 g/mol. The number of amides is 1. The van der Waals surface area contributed by atoms with Gasteiger partial charge in [0.05, 0.1) is 6.54 Å². The molecule has 9 nitrogen and oxygen atoms in total. The monoisotopic (exact) mass is 485 g/mol. The van der Waals surface area contributed by atoms with E-state index in [1.807, 2.05) is 6.07 Å². The number of aromatic nitrogens is 2. The summed E-state index contributed by atoms with van der Waals surface area (Å²) in [6.45, 7) is 6.73. The Labute approximate surface area is 199 Å². The van der Waals surface area contributed by atoms with Crippen molar-refractivity contribution in [2.75, 3.05) is 45.8 Å². The lowest BCUT2D eigenvalue weighted by Gasteiger charge is -2.36. The summed E-state index contributed by atoms with van der Waals surface area (Å²) in [4.78, 5) is 20.6. The maximum atomic E-state index is 13.0. The molecular formula is C24H31N5O4S. The third-order valence-electron chi connectivity index (χ3n) is 7.09. The molecule has 2 aliphatic rings. The fourth-order valence-corrected chi connectivity index (χ4v) is 6.87. The van der Waals surface area contributed by atoms with Gasteiger partial charge in [0.1, 0.15) is 10.6 Å². The Morgan fingerprint density at radius 1 is 1.09 bits per heavy atom. The molecule has 0 bridgehead atoms. The number of nitrogens with one attached hydrogen (secondary N) is 1. The number of carbonyl (C=O) groups excluding carboxylic acids is 1. The van der Waals surface area contributed by atoms with E-state index in [4.69, 9.17) is 4.52 Å². The van der Waals surface area contributed by atoms with E-state index in [9.17, 15) is 13.2 Å². The van der Waals surface area contributed by atoms with E-state index in [-0.39, 0.29) is 23.9 Å². The molecule has 2 fully saturated rings. The molecule has 5 rings (SSSR count). The summed E-state index contributed by atoms with van der Waals surface area (Å²) in [7, 11) is -3.67. The van der Waals surface area contributed by atoms with Crippen molar-refractivity contribution in [3.05, 3.63) is 47.5 Å². The highest BCUT2D eigenvalue weighted by Gasteiger charge is 2.34. The van der Waals surface area contributed by atoms with Gasteiger partial charge in [-0.25, -0.2) is 8.42 Å². The summed E-state index contributed by atoms with van der Waals surface area (Å²) in [6.07, 6.45) is 2.03. The van der Waals surface area contributed by atoms with Crippen molar-refractivity contribution in [3.63, 3.8) is 0 Å². The molecule has 2 aliphatic heterocycles. The molecule has 1 aromatic carbocycles. The number of hydrogen-bond donors (Lipinski definition) is 1. The second-order valence-corrected chi connectivity index (χ2v) is 11.2. The van der Waals surface area contributed by atoms with Crippen molar-refractivity contribution >= 4 is 26.8 Å². The quantitative estimate of drug-likeness (QED) is 0.596. The lowest BCUT2D eigenvalue weighted by atomic mass is 9.93. The number of piperidine rings is 1. The molecule has 1 N–H and O–H groups in total. The van der Waals surface area contributed by atoms with E-state index in [2.05, 4.69) is 39.3 Å². The van der Waals surface area contributed by atoms with Crippen molar-refractivity contribution in [1.29, 1.82) is 0 Å². The molecule has 0 aliphatic carbocycles. The molecule has 0 unspecified atom stereocenters. The highest BCUT2D eigenvalue weighted by atomic mass is 32.2. The predicted octanol–water partition coefficient (Wildman–Crippen LogP) is 2.49. The summed E-state index contributed by atoms with van der Waals surface area (Å²) in [5.74, 6) is 0.849. The number of aryl methyl sites for hydroxylation is 2. The van der Waals surface area contributed by atoms with Crippen LogP contribution in [-0.4, -0.2) is 84.4 Å². The zero-order valence-electron chi connectivity index (χ0n) is 19.7. The summed E-state index contributed by atoms with van der Waals surface area (Å²) in [5.41, 5.74) is 2.82. The maximum absolute atomic E-state index is 13.0. The van der Waals surface area contributed by atoms with Crippen LogP contribution >= 0.6 is 0 Å². The van der Waals surface area contributed by atoms with Crippen molar-refractivity contribution in [1.82, 2.24) is 24.2 Å². The number of aromatic amines is 1. The number of likely N-dealkylation sites (tertiary alicyclic amines) is 1. The molecule has 182 valence electrons. The van der Waals surface area contributed by atoms with E-state index >= 15 is 0 Å². The van der Waals surface area contributed by atoms with Crippen molar-refractivity contribution in [2.45, 2.75) is 37.5 Å². The first-order valence-corrected chi connectivity index (χ1v) is 13.3. The van der Waals surface area contributed by atoms with Gasteiger partial charge in [-0.15, -0.1) is 0 Å². The fourth-order valence-electron chi connectivity index (χ4n) is 5.16. The van der Waals surface area contributed by atoms with Gasteiger partial charge in [0, 0.05) is 43.3 Å². The van der Waals surface area contributed by atoms with Crippen LogP contribution < -0.4 is 0 Å². The van der Waals surface area contributed by atoms with E-state index in [0.717, 1.165) is 25.9 Å². The number of para-hydroxylation sites is 1. The molecule has 10 heteroatoms. The van der Waals surface area contributed by atoms with Gasteiger partial charge in [-0.1, -0.05) is 23.4 Å². The summed E-state index contributed by atoms with van der Waals surface area (Å²) < 4.78 is 32.5. The lowest BCUT2D eigenvalue weighted by Crippen LogP contribution is -2.53. The SMILES string of the molecule is Cc1noc(C)c1S(=O)(=O)N1CCN(C(=O)CN2CCC(c3cc4ccccc4[nH]3)CC2)CC1. The van der Waals surface area contributed by atoms with Crippen molar-refractivity contribution < 1.29 is 17.7 Å². The van der Waals surface area contributed by atoms with Crippen LogP contribution in [0, 0.1) is 13.8 Å². The summed E-state index contributed by atoms with van der Waals surface area (Å²) >= 11 is 0. The molecule has 0 spiro atoms. The molecule has 2 saturated heterocycles. The Bertz CT molecular complexity index is 1230. The zero-order chi connectivity index (χ0) is 23.9. The first-order valence-electron chi connectivity index (χ1n) is 11.8. The van der Waals surface area contributed by atoms with Gasteiger partial charge >= 0.3 is 0 Å². The van der Waals surface area contributed by atoms with Gasteiger partial charge < -0.3 is 14.4 Å². The molecular weight excluding hydrogens is 454 g/mol. The van der Waals surface area contributed by atoms with Crippen LogP contribution in [-0.2, 0) is 14.8 Å². The molecule has 0 radical (unpaired) electrons. The number of rotatable bonds is 5. The smallest absolute Gasteiger partial charge is 0.248 e. The van der Waals surface area contributed by atoms with E-state index in [1.165, 1.54) is 20.9 Å². The first kappa shape index (κ1) is 23.1. The predicted molar refractivity (Wildman–Crippen MR) is 128 cm³/mol. The van der Waals surface area contributed by atoms with Crippen LogP contribution in [0.4, 0.5) is 0 Å². The number of sulfonamides is 1. The van der Waals surface area contributed by atoms with Gasteiger partial charge in [-0.05, 0) is 57.3 Å². The second kappa shape index (κ2) is 9.16. The van der Waals surface area contributed by atoms with E-state index in [0.29, 0.717) is 37.0 Å². The lowest BCUT2D eigenvalue weighted by molar-refractivity contribution is -0.133. The van der Waals surface area contributed by atoms with Crippen LogP contribution in [0.3, 0.4) is 0 Å². The van der Waals surface area contributed by atoms with Crippen LogP contribution in [0.2, 0.25) is 0 Å². The average Bonchev–Trinajstić information content (AvgIpc) is 3.42. The zero-order valence-corrected chi connectivity index (χ0v) is 20.5. The second-order valence-electron chi connectivity index (χ2n) is 9.30. The number of hydrogen-bond acceptors (Lipinski definition) is 6. The highest BCUT2D eigenvalue weighted by molar-refractivity contribution is 7.89. The number of fused-ring (bicyclic) bond motifs is 1. The summed E-state index contributed by atoms with van der Waals surface area (Å²) in [6, 6.07) is 10.6. The number of nitrogens with zero attached hydrogens (tertiary/aromatic N) is 4. The highest BCUT2D eigenvalue weighted by Crippen LogP contribution is 2.30. The minimum atomic E-state index is -3.67. The standard InChI is InChI=1S/C24H31N5O4S/c1-17-24(18(2)33-26-17)34(31,32)29-13-11-28(12-14-29)23(30)16-27-9-7-19(8-10-27)22-15-20-5-3-4-6-21(20)25-22/h3-6,15,19,25H,7-14,16H2,1-2H3. The normalized spacial score (nSPS) is 19.2. The number of piperazine rings is 1. The largest absolute Gasteiger partial charge is 0.360 e. The van der Waals surface area contributed by atoms with Crippen LogP contribution in [0.5, 0.6) is 0 Å². The minimum Gasteiger partial charge on any atom is -0.360 e. The Morgan fingerprint density at radius 2 is 1.79 bits per heavy atom. The Balaban J connectivity index is 1.12. The maximum Gasteiger partial charge on any atom is 0.248 e. The minimum absolute atomic E-state index is 0.0680. The fraction of sp³-hybridized carbons (Fsp3) is 0.500. The van der Waals surface area contributed by atoms with Crippen LogP contribution in [0.25, 0.3) is 10.9 Å². The Morgan fingerprint density at radius 3 is 2.44 bits per heavy atom. The van der Waals surface area contributed by atoms with Gasteiger partial charge in [0.15, 0.2) is 5.76 Å². The molecule has 2 aromatic heterocycles. The van der Waals surface area contributed by atoms with Crippen molar-refractivity contribution in [3.8, 4) is 0 Å². The van der Waals surface area contributed by atoms with Gasteiger partial charge in [-0.3, -0.25) is 9.69 Å². The summed E-state index contributed by atoms with van der Waals surface area (Å²) in [5, 5.41) is 5.01. The van der Waals surface area contributed by atoms with Gasteiger partial charge in [-0.2, -0.15) is 4.31 Å². The topological polar surface area (TPSA) is 103 Å². The molecule has 3 aromatic rings. The third-order valence-corrected chi connectivity index (χ3v) is 9.24. The number of carbonyl (C=O) groups is 1. The molecule has 1 amide bonds. The van der Waals surface area contributed by atoms with Gasteiger partial charge in [0.25, 0.3) is 0 Å². The molecule has 0 saturated carbocycles.